The van der Waals surface area contributed by atoms with E-state index in [0.29, 0.717) is 44.2 Å². The fourth-order valence-corrected chi connectivity index (χ4v) is 3.25. The van der Waals surface area contributed by atoms with Crippen LogP contribution in [0.25, 0.3) is 0 Å². The van der Waals surface area contributed by atoms with Crippen molar-refractivity contribution in [3.63, 3.8) is 0 Å². The minimum absolute atomic E-state index is 0.138. The first-order valence-electron chi connectivity index (χ1n) is 9.49. The molecule has 7 heteroatoms. The molecule has 1 aliphatic heterocycles. The lowest BCUT2D eigenvalue weighted by atomic mass is 10.1. The number of anilines is 1. The summed E-state index contributed by atoms with van der Waals surface area (Å²) >= 11 is 0. The van der Waals surface area contributed by atoms with Crippen molar-refractivity contribution in [1.29, 1.82) is 0 Å². The summed E-state index contributed by atoms with van der Waals surface area (Å²) in [6.45, 7) is 2.66. The van der Waals surface area contributed by atoms with Crippen molar-refractivity contribution in [3.05, 3.63) is 78.4 Å². The largest absolute Gasteiger partial charge is 0.439 e. The molecule has 1 aliphatic rings. The third-order valence-electron chi connectivity index (χ3n) is 4.82. The zero-order valence-corrected chi connectivity index (χ0v) is 15.9. The fourth-order valence-electron chi connectivity index (χ4n) is 3.25. The maximum absolute atomic E-state index is 13.0. The standard InChI is InChI=1S/C22H21FN4O2/c23-18-6-8-19(9-7-18)29-21-15-20(24-16-25-21)26-10-12-27(13-11-26)22(28)14-17-4-2-1-3-5-17/h1-9,15-16H,10-14H2. The van der Waals surface area contributed by atoms with E-state index in [4.69, 9.17) is 4.74 Å². The van der Waals surface area contributed by atoms with Crippen LogP contribution in [0.1, 0.15) is 5.56 Å². The van der Waals surface area contributed by atoms with Gasteiger partial charge in [0.15, 0.2) is 0 Å². The Labute approximate surface area is 168 Å². The molecule has 0 aliphatic carbocycles. The van der Waals surface area contributed by atoms with E-state index in [9.17, 15) is 9.18 Å². The van der Waals surface area contributed by atoms with Crippen molar-refractivity contribution in [2.24, 2.45) is 0 Å². The average molecular weight is 392 g/mol. The van der Waals surface area contributed by atoms with Crippen molar-refractivity contribution >= 4 is 11.7 Å². The van der Waals surface area contributed by atoms with Crippen molar-refractivity contribution in [2.45, 2.75) is 6.42 Å². The van der Waals surface area contributed by atoms with Gasteiger partial charge in [0.2, 0.25) is 11.8 Å². The van der Waals surface area contributed by atoms with Crippen LogP contribution < -0.4 is 9.64 Å². The van der Waals surface area contributed by atoms with Crippen molar-refractivity contribution < 1.29 is 13.9 Å². The lowest BCUT2D eigenvalue weighted by Crippen LogP contribution is -2.49. The van der Waals surface area contributed by atoms with Crippen LogP contribution in [0, 0.1) is 5.82 Å². The minimum atomic E-state index is -0.319. The first-order chi connectivity index (χ1) is 14.2. The van der Waals surface area contributed by atoms with Crippen LogP contribution >= 0.6 is 0 Å². The third kappa shape index (κ3) is 4.87. The molecule has 0 saturated carbocycles. The van der Waals surface area contributed by atoms with E-state index in [0.717, 1.165) is 11.4 Å². The molecule has 2 heterocycles. The van der Waals surface area contributed by atoms with Gasteiger partial charge >= 0.3 is 0 Å². The van der Waals surface area contributed by atoms with Gasteiger partial charge < -0.3 is 14.5 Å². The van der Waals surface area contributed by atoms with Gasteiger partial charge in [-0.1, -0.05) is 30.3 Å². The number of nitrogens with zero attached hydrogens (tertiary/aromatic N) is 4. The Bertz CT molecular complexity index is 958. The number of hydrogen-bond acceptors (Lipinski definition) is 5. The summed E-state index contributed by atoms with van der Waals surface area (Å²) in [5.74, 6) is 1.46. The van der Waals surface area contributed by atoms with Gasteiger partial charge in [-0.25, -0.2) is 14.4 Å². The molecule has 1 amide bonds. The van der Waals surface area contributed by atoms with Gasteiger partial charge in [0.1, 0.15) is 23.7 Å². The lowest BCUT2D eigenvalue weighted by Gasteiger charge is -2.35. The summed E-state index contributed by atoms with van der Waals surface area (Å²) in [4.78, 5) is 25.0. The summed E-state index contributed by atoms with van der Waals surface area (Å²) in [7, 11) is 0. The number of benzene rings is 2. The summed E-state index contributed by atoms with van der Waals surface area (Å²) in [6.07, 6.45) is 1.87. The smallest absolute Gasteiger partial charge is 0.227 e. The van der Waals surface area contributed by atoms with E-state index in [1.54, 1.807) is 18.2 Å². The molecule has 4 rings (SSSR count). The van der Waals surface area contributed by atoms with Crippen LogP contribution in [-0.4, -0.2) is 47.0 Å². The molecule has 0 unspecified atom stereocenters. The van der Waals surface area contributed by atoms with Gasteiger partial charge in [0.25, 0.3) is 0 Å². The monoisotopic (exact) mass is 392 g/mol. The number of aromatic nitrogens is 2. The van der Waals surface area contributed by atoms with Crippen LogP contribution in [0.15, 0.2) is 67.0 Å². The van der Waals surface area contributed by atoms with Crippen molar-refractivity contribution in [3.8, 4) is 11.6 Å². The third-order valence-corrected chi connectivity index (χ3v) is 4.82. The second-order valence-corrected chi connectivity index (χ2v) is 6.80. The van der Waals surface area contributed by atoms with Crippen molar-refractivity contribution in [1.82, 2.24) is 14.9 Å². The normalized spacial score (nSPS) is 14.0. The van der Waals surface area contributed by atoms with Gasteiger partial charge in [-0.05, 0) is 29.8 Å². The molecular weight excluding hydrogens is 371 g/mol. The highest BCUT2D eigenvalue weighted by Gasteiger charge is 2.22. The highest BCUT2D eigenvalue weighted by molar-refractivity contribution is 5.79. The lowest BCUT2D eigenvalue weighted by molar-refractivity contribution is -0.130. The Balaban J connectivity index is 1.34. The molecule has 29 heavy (non-hydrogen) atoms. The molecule has 6 nitrogen and oxygen atoms in total. The van der Waals surface area contributed by atoms with Gasteiger partial charge in [0.05, 0.1) is 6.42 Å². The predicted octanol–water partition coefficient (Wildman–Crippen LogP) is 3.30. The quantitative estimate of drug-likeness (QED) is 0.667. The first-order valence-corrected chi connectivity index (χ1v) is 9.49. The van der Waals surface area contributed by atoms with Gasteiger partial charge in [-0.15, -0.1) is 0 Å². The maximum atomic E-state index is 13.0. The van der Waals surface area contributed by atoms with E-state index in [-0.39, 0.29) is 11.7 Å². The second kappa shape index (κ2) is 8.68. The number of ether oxygens (including phenoxy) is 1. The van der Waals surface area contributed by atoms with Crippen LogP contribution in [0.4, 0.5) is 10.2 Å². The zero-order chi connectivity index (χ0) is 20.1. The van der Waals surface area contributed by atoms with Crippen LogP contribution in [-0.2, 0) is 11.2 Å². The van der Waals surface area contributed by atoms with E-state index >= 15 is 0 Å². The molecule has 3 aromatic rings. The average Bonchev–Trinajstić information content (AvgIpc) is 2.76. The maximum Gasteiger partial charge on any atom is 0.227 e. The van der Waals surface area contributed by atoms with E-state index in [1.807, 2.05) is 35.2 Å². The Morgan fingerprint density at radius 1 is 0.966 bits per heavy atom. The molecule has 0 N–H and O–H groups in total. The van der Waals surface area contributed by atoms with Gasteiger partial charge in [-0.3, -0.25) is 4.79 Å². The second-order valence-electron chi connectivity index (χ2n) is 6.80. The topological polar surface area (TPSA) is 58.6 Å². The number of hydrogen-bond donors (Lipinski definition) is 0. The highest BCUT2D eigenvalue weighted by atomic mass is 19.1. The summed E-state index contributed by atoms with van der Waals surface area (Å²) in [5, 5.41) is 0. The number of rotatable bonds is 5. The summed E-state index contributed by atoms with van der Waals surface area (Å²) < 4.78 is 18.7. The molecule has 1 fully saturated rings. The summed E-state index contributed by atoms with van der Waals surface area (Å²) in [5.41, 5.74) is 1.03. The van der Waals surface area contributed by atoms with Crippen LogP contribution in [0.3, 0.4) is 0 Å². The van der Waals surface area contributed by atoms with E-state index in [2.05, 4.69) is 14.9 Å². The number of halogens is 1. The Morgan fingerprint density at radius 2 is 1.69 bits per heavy atom. The number of piperazine rings is 1. The number of amides is 1. The number of carbonyl (C=O) groups excluding carboxylic acids is 1. The van der Waals surface area contributed by atoms with Crippen LogP contribution in [0.5, 0.6) is 11.6 Å². The van der Waals surface area contributed by atoms with Crippen molar-refractivity contribution in [2.75, 3.05) is 31.1 Å². The van der Waals surface area contributed by atoms with E-state index in [1.165, 1.54) is 18.5 Å². The summed E-state index contributed by atoms with van der Waals surface area (Å²) in [6, 6.07) is 17.3. The fraction of sp³-hybridized carbons (Fsp3) is 0.227. The molecular formula is C22H21FN4O2. The minimum Gasteiger partial charge on any atom is -0.439 e. The van der Waals surface area contributed by atoms with Gasteiger partial charge in [-0.2, -0.15) is 0 Å². The van der Waals surface area contributed by atoms with Gasteiger partial charge in [0, 0.05) is 32.2 Å². The molecule has 0 bridgehead atoms. The highest BCUT2D eigenvalue weighted by Crippen LogP contribution is 2.23. The Hall–Kier alpha value is -3.48. The van der Waals surface area contributed by atoms with Crippen LogP contribution in [0.2, 0.25) is 0 Å². The number of carbonyl (C=O) groups is 1. The predicted molar refractivity (Wildman–Crippen MR) is 107 cm³/mol. The molecule has 0 radical (unpaired) electrons. The zero-order valence-electron chi connectivity index (χ0n) is 15.9. The molecule has 0 atom stereocenters. The molecule has 2 aromatic carbocycles. The SMILES string of the molecule is O=C(Cc1ccccc1)N1CCN(c2cc(Oc3ccc(F)cc3)ncn2)CC1. The first kappa shape index (κ1) is 18.9. The Morgan fingerprint density at radius 3 is 2.41 bits per heavy atom. The Kier molecular flexibility index (Phi) is 5.65. The molecule has 1 saturated heterocycles. The molecule has 0 spiro atoms. The molecule has 148 valence electrons. The molecule has 1 aromatic heterocycles. The van der Waals surface area contributed by atoms with E-state index < -0.39 is 0 Å².